The first-order valence-corrected chi connectivity index (χ1v) is 5.98. The van der Waals surface area contributed by atoms with Gasteiger partial charge < -0.3 is 14.7 Å². The molecule has 1 aliphatic rings. The number of hydrogen-bond donors (Lipinski definition) is 2. The zero-order valence-corrected chi connectivity index (χ0v) is 9.75. The van der Waals surface area contributed by atoms with Crippen LogP contribution in [0.4, 0.5) is 0 Å². The second-order valence-corrected chi connectivity index (χ2v) is 4.40. The van der Waals surface area contributed by atoms with Crippen molar-refractivity contribution in [3.63, 3.8) is 0 Å². The van der Waals surface area contributed by atoms with E-state index in [9.17, 15) is 0 Å². The van der Waals surface area contributed by atoms with Gasteiger partial charge in [-0.05, 0) is 31.8 Å². The summed E-state index contributed by atoms with van der Waals surface area (Å²) in [6.45, 7) is 6.18. The summed E-state index contributed by atoms with van der Waals surface area (Å²) in [4.78, 5) is 2.39. The van der Waals surface area contributed by atoms with Crippen LogP contribution in [0.2, 0.25) is 0 Å². The molecule has 0 aromatic rings. The summed E-state index contributed by atoms with van der Waals surface area (Å²) >= 11 is 3.94. The van der Waals surface area contributed by atoms with Crippen LogP contribution in [0.3, 0.4) is 0 Å². The van der Waals surface area contributed by atoms with E-state index in [0.29, 0.717) is 12.4 Å². The van der Waals surface area contributed by atoms with E-state index in [4.69, 9.17) is 9.84 Å². The second kappa shape index (κ2) is 6.67. The van der Waals surface area contributed by atoms with Crippen molar-refractivity contribution in [1.29, 1.82) is 0 Å². The summed E-state index contributed by atoms with van der Waals surface area (Å²) in [7, 11) is 0. The Balaban J connectivity index is 2.02. The fourth-order valence-corrected chi connectivity index (χ4v) is 1.76. The molecule has 1 atom stereocenters. The summed E-state index contributed by atoms with van der Waals surface area (Å²) in [6, 6.07) is 0. The predicted molar refractivity (Wildman–Crippen MR) is 60.6 cm³/mol. The van der Waals surface area contributed by atoms with Crippen LogP contribution < -0.4 is 0 Å². The summed E-state index contributed by atoms with van der Waals surface area (Å²) in [5.41, 5.74) is 0. The summed E-state index contributed by atoms with van der Waals surface area (Å²) in [5.74, 6) is 1.24. The maximum atomic E-state index is 9.11. The van der Waals surface area contributed by atoms with Gasteiger partial charge in [-0.15, -0.1) is 0 Å². The summed E-state index contributed by atoms with van der Waals surface area (Å²) in [6.07, 6.45) is 1.87. The molecule has 0 bridgehead atoms. The van der Waals surface area contributed by atoms with Gasteiger partial charge in [0.05, 0.1) is 6.61 Å². The van der Waals surface area contributed by atoms with Crippen molar-refractivity contribution in [1.82, 2.24) is 4.90 Å². The lowest BCUT2D eigenvalue weighted by Crippen LogP contribution is -2.36. The molecule has 1 heterocycles. The lowest BCUT2D eigenvalue weighted by Gasteiger charge is -2.30. The molecule has 1 unspecified atom stereocenters. The molecule has 1 saturated heterocycles. The van der Waals surface area contributed by atoms with Crippen LogP contribution in [-0.4, -0.2) is 48.3 Å². The lowest BCUT2D eigenvalue weighted by molar-refractivity contribution is -0.0867. The Bertz CT molecular complexity index is 149. The maximum absolute atomic E-state index is 9.11. The highest BCUT2D eigenvalue weighted by atomic mass is 32.1. The molecule has 0 aromatic heterocycles. The third-order valence-corrected chi connectivity index (χ3v) is 3.06. The summed E-state index contributed by atoms with van der Waals surface area (Å²) < 4.78 is 5.16. The Hall–Kier alpha value is 0.230. The zero-order chi connectivity index (χ0) is 10.4. The minimum atomic E-state index is -0.706. The van der Waals surface area contributed by atoms with Crippen molar-refractivity contribution in [3.05, 3.63) is 0 Å². The molecule has 1 N–H and O–H groups in total. The minimum Gasteiger partial charge on any atom is -0.367 e. The van der Waals surface area contributed by atoms with Crippen LogP contribution in [0.15, 0.2) is 0 Å². The molecule has 1 fully saturated rings. The van der Waals surface area contributed by atoms with Gasteiger partial charge in [0.2, 0.25) is 0 Å². The van der Waals surface area contributed by atoms with Crippen LogP contribution >= 0.6 is 12.6 Å². The van der Waals surface area contributed by atoms with E-state index in [1.807, 2.05) is 0 Å². The van der Waals surface area contributed by atoms with Crippen molar-refractivity contribution in [3.8, 4) is 0 Å². The van der Waals surface area contributed by atoms with E-state index < -0.39 is 6.29 Å². The standard InChI is InChI=1S/C10H21NO2S/c1-9-2-4-11(5-3-9)6-7-13-10(12)8-14/h9-10,12,14H,2-8H2,1H3. The highest BCUT2D eigenvalue weighted by Crippen LogP contribution is 2.15. The molecule has 1 rings (SSSR count). The average Bonchev–Trinajstić information content (AvgIpc) is 2.21. The van der Waals surface area contributed by atoms with Gasteiger partial charge in [0.1, 0.15) is 0 Å². The number of rotatable bonds is 5. The molecule has 0 saturated carbocycles. The predicted octanol–water partition coefficient (Wildman–Crippen LogP) is 0.983. The quantitative estimate of drug-likeness (QED) is 0.534. The number of hydrogen-bond acceptors (Lipinski definition) is 4. The topological polar surface area (TPSA) is 32.7 Å². The number of thiol groups is 1. The molecule has 14 heavy (non-hydrogen) atoms. The maximum Gasteiger partial charge on any atom is 0.163 e. The molecule has 4 heteroatoms. The van der Waals surface area contributed by atoms with Crippen LogP contribution in [0, 0.1) is 5.92 Å². The number of aliphatic hydroxyl groups excluding tert-OH is 1. The molecule has 0 aliphatic carbocycles. The number of ether oxygens (including phenoxy) is 1. The Morgan fingerprint density at radius 2 is 2.14 bits per heavy atom. The average molecular weight is 219 g/mol. The Morgan fingerprint density at radius 3 is 2.71 bits per heavy atom. The number of likely N-dealkylation sites (tertiary alicyclic amines) is 1. The number of aliphatic hydroxyl groups is 1. The molecular formula is C10H21NO2S. The van der Waals surface area contributed by atoms with Gasteiger partial charge in [-0.2, -0.15) is 12.6 Å². The normalized spacial score (nSPS) is 22.5. The van der Waals surface area contributed by atoms with Gasteiger partial charge >= 0.3 is 0 Å². The Kier molecular flexibility index (Phi) is 5.86. The minimum absolute atomic E-state index is 0.372. The Labute approximate surface area is 91.8 Å². The van der Waals surface area contributed by atoms with Gasteiger partial charge in [-0.25, -0.2) is 0 Å². The van der Waals surface area contributed by atoms with Crippen LogP contribution in [0.5, 0.6) is 0 Å². The van der Waals surface area contributed by atoms with E-state index in [0.717, 1.165) is 12.5 Å². The number of piperidine rings is 1. The van der Waals surface area contributed by atoms with E-state index in [2.05, 4.69) is 24.5 Å². The van der Waals surface area contributed by atoms with E-state index >= 15 is 0 Å². The first-order valence-electron chi connectivity index (χ1n) is 5.35. The third-order valence-electron chi connectivity index (χ3n) is 2.75. The van der Waals surface area contributed by atoms with Crippen LogP contribution in [-0.2, 0) is 4.74 Å². The molecule has 0 radical (unpaired) electrons. The van der Waals surface area contributed by atoms with Gasteiger partial charge in [0, 0.05) is 12.3 Å². The molecular weight excluding hydrogens is 198 g/mol. The summed E-state index contributed by atoms with van der Waals surface area (Å²) in [5, 5.41) is 9.11. The van der Waals surface area contributed by atoms with E-state index in [1.165, 1.54) is 25.9 Å². The smallest absolute Gasteiger partial charge is 0.163 e. The van der Waals surface area contributed by atoms with Gasteiger partial charge in [0.15, 0.2) is 6.29 Å². The first kappa shape index (κ1) is 12.3. The molecule has 3 nitrogen and oxygen atoms in total. The molecule has 84 valence electrons. The Morgan fingerprint density at radius 1 is 1.50 bits per heavy atom. The molecule has 1 aliphatic heterocycles. The van der Waals surface area contributed by atoms with Crippen LogP contribution in [0.25, 0.3) is 0 Å². The molecule has 0 amide bonds. The van der Waals surface area contributed by atoms with Crippen molar-refractivity contribution < 1.29 is 9.84 Å². The van der Waals surface area contributed by atoms with E-state index in [-0.39, 0.29) is 0 Å². The lowest BCUT2D eigenvalue weighted by atomic mass is 9.99. The highest BCUT2D eigenvalue weighted by Gasteiger charge is 2.15. The van der Waals surface area contributed by atoms with Gasteiger partial charge in [-0.3, -0.25) is 0 Å². The first-order chi connectivity index (χ1) is 6.72. The van der Waals surface area contributed by atoms with Gasteiger partial charge in [0.25, 0.3) is 0 Å². The van der Waals surface area contributed by atoms with Crippen molar-refractivity contribution >= 4 is 12.6 Å². The fraction of sp³-hybridized carbons (Fsp3) is 1.00. The largest absolute Gasteiger partial charge is 0.367 e. The monoisotopic (exact) mass is 219 g/mol. The highest BCUT2D eigenvalue weighted by molar-refractivity contribution is 7.80. The SMILES string of the molecule is CC1CCN(CCOC(O)CS)CC1. The molecule has 0 aromatic carbocycles. The molecule has 0 spiro atoms. The van der Waals surface area contributed by atoms with Crippen molar-refractivity contribution in [2.75, 3.05) is 32.0 Å². The zero-order valence-electron chi connectivity index (χ0n) is 8.85. The van der Waals surface area contributed by atoms with E-state index in [1.54, 1.807) is 0 Å². The van der Waals surface area contributed by atoms with Gasteiger partial charge in [-0.1, -0.05) is 6.92 Å². The third kappa shape index (κ3) is 4.64. The van der Waals surface area contributed by atoms with Crippen molar-refractivity contribution in [2.24, 2.45) is 5.92 Å². The van der Waals surface area contributed by atoms with Crippen molar-refractivity contribution in [2.45, 2.75) is 26.1 Å². The van der Waals surface area contributed by atoms with Crippen LogP contribution in [0.1, 0.15) is 19.8 Å². The number of nitrogens with zero attached hydrogens (tertiary/aromatic N) is 1. The second-order valence-electron chi connectivity index (χ2n) is 4.03. The fourth-order valence-electron chi connectivity index (χ4n) is 1.66.